The lowest BCUT2D eigenvalue weighted by Crippen LogP contribution is -2.44. The van der Waals surface area contributed by atoms with Crippen molar-refractivity contribution in [1.82, 2.24) is 0 Å². The van der Waals surface area contributed by atoms with Gasteiger partial charge in [-0.1, -0.05) is 103 Å². The zero-order valence-electron chi connectivity index (χ0n) is 32.0. The molecule has 13 nitrogen and oxygen atoms in total. The number of ether oxygens (including phenoxy) is 9. The van der Waals surface area contributed by atoms with Crippen LogP contribution in [-0.2, 0) is 49.2 Å². The molecule has 2 heterocycles. The lowest BCUT2D eigenvalue weighted by molar-refractivity contribution is -0.209. The van der Waals surface area contributed by atoms with E-state index in [0.29, 0.717) is 5.56 Å². The van der Waals surface area contributed by atoms with Gasteiger partial charge in [0.2, 0.25) is 0 Å². The third kappa shape index (κ3) is 10.5. The van der Waals surface area contributed by atoms with Gasteiger partial charge in [0, 0.05) is 7.11 Å². The summed E-state index contributed by atoms with van der Waals surface area (Å²) in [6.45, 7) is -0.561. The highest BCUT2D eigenvalue weighted by molar-refractivity contribution is 5.91. The number of methoxy groups -OCH3 is 1. The first-order chi connectivity index (χ1) is 28.9. The Morgan fingerprint density at radius 2 is 0.831 bits per heavy atom. The number of hydrogen-bond acceptors (Lipinski definition) is 13. The molecule has 304 valence electrons. The monoisotopic (exact) mass is 802 g/mol. The Bertz CT molecular complexity index is 2120. The number of rotatable bonds is 16. The topological polar surface area (TPSA) is 151 Å². The molecule has 2 saturated heterocycles. The molecule has 0 aromatic heterocycles. The van der Waals surface area contributed by atoms with Crippen molar-refractivity contribution in [3.63, 3.8) is 0 Å². The van der Waals surface area contributed by atoms with Crippen molar-refractivity contribution in [3.8, 4) is 0 Å². The first-order valence-electron chi connectivity index (χ1n) is 19.0. The molecular formula is C46H42O13. The van der Waals surface area contributed by atoms with Crippen molar-refractivity contribution in [2.45, 2.75) is 55.8 Å². The summed E-state index contributed by atoms with van der Waals surface area (Å²) in [5.41, 5.74) is 1.94. The van der Waals surface area contributed by atoms with Gasteiger partial charge in [-0.2, -0.15) is 0 Å². The van der Waals surface area contributed by atoms with Gasteiger partial charge in [0.15, 0.2) is 30.9 Å². The highest BCUT2D eigenvalue weighted by Gasteiger charge is 2.53. The summed E-state index contributed by atoms with van der Waals surface area (Å²) < 4.78 is 54.6. The van der Waals surface area contributed by atoms with Gasteiger partial charge in [-0.3, -0.25) is 0 Å². The Balaban J connectivity index is 1.15. The Labute approximate surface area is 340 Å². The van der Waals surface area contributed by atoms with E-state index in [0.717, 1.165) is 5.56 Å². The molecule has 13 heteroatoms. The molecule has 0 spiro atoms. The lowest BCUT2D eigenvalue weighted by Gasteiger charge is -2.26. The van der Waals surface area contributed by atoms with Crippen molar-refractivity contribution in [3.05, 3.63) is 179 Å². The highest BCUT2D eigenvalue weighted by atomic mass is 16.8. The smallest absolute Gasteiger partial charge is 0.338 e. The van der Waals surface area contributed by atoms with Crippen LogP contribution >= 0.6 is 0 Å². The molecular weight excluding hydrogens is 760 g/mol. The second-order valence-electron chi connectivity index (χ2n) is 13.6. The Morgan fingerprint density at radius 1 is 0.441 bits per heavy atom. The van der Waals surface area contributed by atoms with E-state index in [2.05, 4.69) is 0 Å². The van der Waals surface area contributed by atoms with Crippen LogP contribution in [0.3, 0.4) is 0 Å². The van der Waals surface area contributed by atoms with Gasteiger partial charge in [0.25, 0.3) is 0 Å². The van der Waals surface area contributed by atoms with Crippen LogP contribution in [0.2, 0.25) is 0 Å². The largest absolute Gasteiger partial charge is 0.459 e. The van der Waals surface area contributed by atoms with Gasteiger partial charge in [0.1, 0.15) is 24.9 Å². The van der Waals surface area contributed by atoms with Crippen molar-refractivity contribution in [2.24, 2.45) is 0 Å². The van der Waals surface area contributed by atoms with Crippen molar-refractivity contribution >= 4 is 23.9 Å². The van der Waals surface area contributed by atoms with Crippen LogP contribution < -0.4 is 0 Å². The zero-order valence-corrected chi connectivity index (χ0v) is 32.0. The van der Waals surface area contributed by atoms with Gasteiger partial charge in [-0.25, -0.2) is 19.2 Å². The normalized spacial score (nSPS) is 23.5. The molecule has 0 saturated carbocycles. The van der Waals surface area contributed by atoms with Crippen molar-refractivity contribution in [1.29, 1.82) is 0 Å². The first kappa shape index (κ1) is 41.0. The molecule has 0 aliphatic carbocycles. The third-order valence-corrected chi connectivity index (χ3v) is 9.62. The molecule has 0 N–H and O–H groups in total. The number of carbonyl (C=O) groups is 4. The second-order valence-corrected chi connectivity index (χ2v) is 13.6. The fraction of sp³-hybridized carbons (Fsp3) is 0.261. The minimum atomic E-state index is -1.24. The van der Waals surface area contributed by atoms with Crippen molar-refractivity contribution < 1.29 is 61.8 Å². The van der Waals surface area contributed by atoms with Crippen LogP contribution in [0.5, 0.6) is 0 Å². The SMILES string of the molecule is CO[C@H]1O[C@H](CO[C@@H]2O[C@H](COC(=O)c3ccccc3)[C@@H](OC(=O)c3ccccc3)[C@@H]2OCc2ccccc2)[C@@H](OC(=O)c2ccccc2)[C@@H]1OC(=O)c1ccccc1. The molecule has 0 amide bonds. The average molecular weight is 803 g/mol. The lowest BCUT2D eigenvalue weighted by atomic mass is 10.1. The van der Waals surface area contributed by atoms with Gasteiger partial charge < -0.3 is 42.6 Å². The predicted molar refractivity (Wildman–Crippen MR) is 209 cm³/mol. The number of benzene rings is 5. The van der Waals surface area contributed by atoms with Crippen LogP contribution in [0.25, 0.3) is 0 Å². The Morgan fingerprint density at radius 3 is 1.31 bits per heavy atom. The van der Waals surface area contributed by atoms with Crippen LogP contribution in [-0.4, -0.2) is 93.4 Å². The Kier molecular flexibility index (Phi) is 13.9. The summed E-state index contributed by atoms with van der Waals surface area (Å²) >= 11 is 0. The molecule has 8 atom stereocenters. The number of carbonyl (C=O) groups excluding carboxylic acids is 4. The minimum absolute atomic E-state index is 0.0745. The van der Waals surface area contributed by atoms with Crippen molar-refractivity contribution in [2.75, 3.05) is 20.3 Å². The van der Waals surface area contributed by atoms with E-state index in [9.17, 15) is 19.2 Å². The molecule has 2 aliphatic rings. The van der Waals surface area contributed by atoms with E-state index in [-0.39, 0.29) is 36.5 Å². The molecule has 7 rings (SSSR count). The van der Waals surface area contributed by atoms with E-state index in [1.54, 1.807) is 121 Å². The molecule has 2 fully saturated rings. The van der Waals surface area contributed by atoms with Crippen LogP contribution in [0.15, 0.2) is 152 Å². The van der Waals surface area contributed by atoms with Gasteiger partial charge in [-0.15, -0.1) is 0 Å². The fourth-order valence-corrected chi connectivity index (χ4v) is 6.63. The maximum Gasteiger partial charge on any atom is 0.338 e. The molecule has 5 aromatic rings. The fourth-order valence-electron chi connectivity index (χ4n) is 6.63. The molecule has 0 unspecified atom stereocenters. The van der Waals surface area contributed by atoms with E-state index >= 15 is 0 Å². The maximum atomic E-state index is 13.6. The van der Waals surface area contributed by atoms with Crippen LogP contribution in [0.1, 0.15) is 47.0 Å². The number of esters is 4. The average Bonchev–Trinajstić information content (AvgIpc) is 3.80. The summed E-state index contributed by atoms with van der Waals surface area (Å²) in [6.07, 6.45) is -9.17. The van der Waals surface area contributed by atoms with Crippen LogP contribution in [0, 0.1) is 0 Å². The van der Waals surface area contributed by atoms with E-state index in [1.807, 2.05) is 30.3 Å². The van der Waals surface area contributed by atoms with Gasteiger partial charge in [0.05, 0.1) is 35.5 Å². The molecule has 0 bridgehead atoms. The van der Waals surface area contributed by atoms with Gasteiger partial charge in [-0.05, 0) is 54.1 Å². The predicted octanol–water partition coefficient (Wildman–Crippen LogP) is 6.22. The van der Waals surface area contributed by atoms with E-state index in [4.69, 9.17) is 42.6 Å². The highest BCUT2D eigenvalue weighted by Crippen LogP contribution is 2.33. The number of hydrogen-bond donors (Lipinski definition) is 0. The van der Waals surface area contributed by atoms with E-state index in [1.165, 1.54) is 7.11 Å². The zero-order chi connectivity index (χ0) is 41.0. The van der Waals surface area contributed by atoms with E-state index < -0.39 is 73.1 Å². The Hall–Kier alpha value is -6.22. The van der Waals surface area contributed by atoms with Crippen LogP contribution in [0.4, 0.5) is 0 Å². The molecule has 2 aliphatic heterocycles. The summed E-state index contributed by atoms with van der Waals surface area (Å²) in [5, 5.41) is 0. The van der Waals surface area contributed by atoms with Gasteiger partial charge >= 0.3 is 23.9 Å². The second kappa shape index (κ2) is 20.0. The summed E-state index contributed by atoms with van der Waals surface area (Å²) in [7, 11) is 1.37. The quantitative estimate of drug-likeness (QED) is 0.0821. The summed E-state index contributed by atoms with van der Waals surface area (Å²) in [5.74, 6) is -2.66. The maximum absolute atomic E-state index is 13.6. The minimum Gasteiger partial charge on any atom is -0.459 e. The first-order valence-corrected chi connectivity index (χ1v) is 19.0. The molecule has 5 aromatic carbocycles. The molecule has 0 radical (unpaired) electrons. The summed E-state index contributed by atoms with van der Waals surface area (Å²) in [6, 6.07) is 42.8. The molecule has 59 heavy (non-hydrogen) atoms. The summed E-state index contributed by atoms with van der Waals surface area (Å²) in [4.78, 5) is 53.4. The standard InChI is InChI=1S/C46H42O13/c1-51-45-40(59-44(50)34-25-15-6-16-26-34)38(58-43(49)33-23-13-5-14-24-33)36(55-45)29-54-46-39(52-27-30-17-7-2-8-18-30)37(57-42(48)32-21-11-4-12-22-32)35(56-46)28-53-41(47)31-19-9-3-10-20-31/h2-26,35-40,45-46H,27-29H2,1H3/t35-,36-,37-,38-,39+,40+,45+,46-/m1/s1. The third-order valence-electron chi connectivity index (χ3n) is 9.62.